The number of benzene rings is 2. The Balaban J connectivity index is 0.00000480. The van der Waals surface area contributed by atoms with Gasteiger partial charge in [-0.15, -0.1) is 24.0 Å². The zero-order chi connectivity index (χ0) is 22.0. The average molecular weight is 551 g/mol. The molecule has 0 saturated carbocycles. The van der Waals surface area contributed by atoms with Crippen molar-refractivity contribution in [2.75, 3.05) is 27.3 Å². The third kappa shape index (κ3) is 10.2. The van der Waals surface area contributed by atoms with Gasteiger partial charge in [-0.05, 0) is 41.7 Å². The Hall–Kier alpha value is -2.01. The fourth-order valence-corrected chi connectivity index (χ4v) is 2.79. The number of methoxy groups -OCH3 is 1. The number of nitrogens with one attached hydrogen (secondary N) is 2. The maximum Gasteiger partial charge on any atom is 0.411 e. The monoisotopic (exact) mass is 551 g/mol. The van der Waals surface area contributed by atoms with Crippen LogP contribution in [0.3, 0.4) is 0 Å². The molecule has 2 aromatic rings. The van der Waals surface area contributed by atoms with E-state index in [4.69, 9.17) is 4.74 Å². The van der Waals surface area contributed by atoms with Gasteiger partial charge < -0.3 is 20.1 Å². The maximum absolute atomic E-state index is 12.1. The number of hydrogen-bond donors (Lipinski definition) is 2. The highest BCUT2D eigenvalue weighted by molar-refractivity contribution is 14.0. The summed E-state index contributed by atoms with van der Waals surface area (Å²) < 4.78 is 46.3. The van der Waals surface area contributed by atoms with Gasteiger partial charge in [0, 0.05) is 20.1 Å². The van der Waals surface area contributed by atoms with Gasteiger partial charge in [-0.2, -0.15) is 13.2 Å². The van der Waals surface area contributed by atoms with Crippen LogP contribution in [0.4, 0.5) is 13.2 Å². The summed E-state index contributed by atoms with van der Waals surface area (Å²) in [6.07, 6.45) is -3.48. The summed E-state index contributed by atoms with van der Waals surface area (Å²) in [6, 6.07) is 13.4. The fraction of sp³-hybridized carbons (Fsp3) is 0.409. The molecule has 0 aliphatic rings. The number of nitrogens with zero attached hydrogens (tertiary/aromatic N) is 1. The summed E-state index contributed by atoms with van der Waals surface area (Å²) in [4.78, 5) is 4.21. The smallest absolute Gasteiger partial charge is 0.411 e. The van der Waals surface area contributed by atoms with Gasteiger partial charge >= 0.3 is 6.18 Å². The number of rotatable bonds is 9. The standard InChI is InChI=1S/C22H28F3N3O2.HI/c1-16-4-5-17(12-20(16)29-3)10-11-27-21(26-2)28-13-18-6-8-19(9-7-18)14-30-15-22(23,24)25;/h4-9,12H,10-11,13-15H2,1-3H3,(H2,26,27,28);1H. The second-order valence-corrected chi connectivity index (χ2v) is 6.83. The molecule has 0 amide bonds. The molecule has 0 fully saturated rings. The van der Waals surface area contributed by atoms with Crippen LogP contribution >= 0.6 is 24.0 Å². The number of aryl methyl sites for hydroxylation is 1. The van der Waals surface area contributed by atoms with Gasteiger partial charge in [-0.25, -0.2) is 0 Å². The van der Waals surface area contributed by atoms with Crippen LogP contribution in [-0.4, -0.2) is 39.4 Å². The van der Waals surface area contributed by atoms with E-state index in [-0.39, 0.29) is 30.6 Å². The normalized spacial score (nSPS) is 11.6. The lowest BCUT2D eigenvalue weighted by molar-refractivity contribution is -0.176. The molecule has 2 aromatic carbocycles. The minimum atomic E-state index is -4.31. The highest BCUT2D eigenvalue weighted by atomic mass is 127. The number of ether oxygens (including phenoxy) is 2. The van der Waals surface area contributed by atoms with E-state index < -0.39 is 12.8 Å². The second-order valence-electron chi connectivity index (χ2n) is 6.83. The SMILES string of the molecule is CN=C(NCCc1ccc(C)c(OC)c1)NCc1ccc(COCC(F)(F)F)cc1.I. The maximum atomic E-state index is 12.1. The van der Waals surface area contributed by atoms with Gasteiger partial charge in [0.25, 0.3) is 0 Å². The molecule has 0 aromatic heterocycles. The molecule has 0 aliphatic heterocycles. The highest BCUT2D eigenvalue weighted by Crippen LogP contribution is 2.19. The molecule has 0 unspecified atom stereocenters. The van der Waals surface area contributed by atoms with Crippen LogP contribution in [0.5, 0.6) is 5.75 Å². The number of halogens is 4. The Kier molecular flexibility index (Phi) is 11.7. The van der Waals surface area contributed by atoms with Crippen molar-refractivity contribution in [3.8, 4) is 5.75 Å². The molecule has 5 nitrogen and oxygen atoms in total. The third-order valence-electron chi connectivity index (χ3n) is 4.42. The Labute approximate surface area is 198 Å². The molecule has 0 bridgehead atoms. The van der Waals surface area contributed by atoms with E-state index in [1.54, 1.807) is 26.3 Å². The predicted molar refractivity (Wildman–Crippen MR) is 127 cm³/mol. The van der Waals surface area contributed by atoms with E-state index in [0.717, 1.165) is 23.3 Å². The van der Waals surface area contributed by atoms with Crippen molar-refractivity contribution in [1.29, 1.82) is 0 Å². The van der Waals surface area contributed by atoms with Gasteiger partial charge in [0.05, 0.1) is 13.7 Å². The molecule has 0 heterocycles. The molecule has 2 rings (SSSR count). The molecule has 0 saturated heterocycles. The lowest BCUT2D eigenvalue weighted by Gasteiger charge is -2.13. The lowest BCUT2D eigenvalue weighted by atomic mass is 10.1. The summed E-state index contributed by atoms with van der Waals surface area (Å²) in [5, 5.41) is 6.49. The molecule has 9 heteroatoms. The van der Waals surface area contributed by atoms with Crippen molar-refractivity contribution in [2.24, 2.45) is 4.99 Å². The van der Waals surface area contributed by atoms with Crippen LogP contribution in [0.1, 0.15) is 22.3 Å². The molecule has 31 heavy (non-hydrogen) atoms. The van der Waals surface area contributed by atoms with E-state index in [1.165, 1.54) is 5.56 Å². The Morgan fingerprint density at radius 3 is 2.26 bits per heavy atom. The summed E-state index contributed by atoms with van der Waals surface area (Å²) in [7, 11) is 3.36. The van der Waals surface area contributed by atoms with E-state index in [9.17, 15) is 13.2 Å². The van der Waals surface area contributed by atoms with Crippen molar-refractivity contribution < 1.29 is 22.6 Å². The molecule has 2 N–H and O–H groups in total. The lowest BCUT2D eigenvalue weighted by Crippen LogP contribution is -2.37. The number of hydrogen-bond acceptors (Lipinski definition) is 3. The third-order valence-corrected chi connectivity index (χ3v) is 4.42. The van der Waals surface area contributed by atoms with Crippen LogP contribution < -0.4 is 15.4 Å². The van der Waals surface area contributed by atoms with Crippen LogP contribution in [-0.2, 0) is 24.3 Å². The van der Waals surface area contributed by atoms with Gasteiger partial charge in [0.1, 0.15) is 12.4 Å². The van der Waals surface area contributed by atoms with E-state index in [0.29, 0.717) is 24.6 Å². The molecule has 0 aliphatic carbocycles. The fourth-order valence-electron chi connectivity index (χ4n) is 2.79. The van der Waals surface area contributed by atoms with E-state index in [2.05, 4.69) is 26.4 Å². The average Bonchev–Trinajstić information content (AvgIpc) is 2.71. The van der Waals surface area contributed by atoms with Crippen LogP contribution in [0.2, 0.25) is 0 Å². The van der Waals surface area contributed by atoms with Gasteiger partial charge in [0.15, 0.2) is 5.96 Å². The summed E-state index contributed by atoms with van der Waals surface area (Å²) >= 11 is 0. The zero-order valence-electron chi connectivity index (χ0n) is 17.9. The van der Waals surface area contributed by atoms with Crippen molar-refractivity contribution >= 4 is 29.9 Å². The zero-order valence-corrected chi connectivity index (χ0v) is 20.2. The number of guanidine groups is 1. The highest BCUT2D eigenvalue weighted by Gasteiger charge is 2.27. The van der Waals surface area contributed by atoms with Gasteiger partial charge in [0.2, 0.25) is 0 Å². The first-order valence-electron chi connectivity index (χ1n) is 9.61. The van der Waals surface area contributed by atoms with Crippen LogP contribution in [0.15, 0.2) is 47.5 Å². The van der Waals surface area contributed by atoms with Crippen molar-refractivity contribution in [1.82, 2.24) is 10.6 Å². The van der Waals surface area contributed by atoms with Crippen molar-refractivity contribution in [3.63, 3.8) is 0 Å². The topological polar surface area (TPSA) is 54.9 Å². The van der Waals surface area contributed by atoms with Crippen LogP contribution in [0.25, 0.3) is 0 Å². The minimum Gasteiger partial charge on any atom is -0.496 e. The molecular formula is C22H29F3IN3O2. The van der Waals surface area contributed by atoms with Gasteiger partial charge in [-0.3, -0.25) is 4.99 Å². The van der Waals surface area contributed by atoms with E-state index in [1.807, 2.05) is 31.2 Å². The first-order valence-corrected chi connectivity index (χ1v) is 9.61. The van der Waals surface area contributed by atoms with E-state index >= 15 is 0 Å². The van der Waals surface area contributed by atoms with Crippen molar-refractivity contribution in [2.45, 2.75) is 32.7 Å². The molecule has 172 valence electrons. The Morgan fingerprint density at radius 1 is 1.00 bits per heavy atom. The first kappa shape index (κ1) is 27.0. The summed E-state index contributed by atoms with van der Waals surface area (Å²) in [5.74, 6) is 1.55. The van der Waals surface area contributed by atoms with Crippen molar-refractivity contribution in [3.05, 3.63) is 64.7 Å². The molecular weight excluding hydrogens is 522 g/mol. The molecule has 0 spiro atoms. The quantitative estimate of drug-likeness (QED) is 0.272. The first-order chi connectivity index (χ1) is 14.3. The Bertz CT molecular complexity index is 828. The van der Waals surface area contributed by atoms with Gasteiger partial charge in [-0.1, -0.05) is 36.4 Å². The number of alkyl halides is 3. The predicted octanol–water partition coefficient (Wildman–Crippen LogP) is 4.61. The largest absolute Gasteiger partial charge is 0.496 e. The molecule has 0 radical (unpaired) electrons. The number of aliphatic imine (C=N–C) groups is 1. The minimum absolute atomic E-state index is 0. The van der Waals surface area contributed by atoms with Crippen LogP contribution in [0, 0.1) is 6.92 Å². The second kappa shape index (κ2) is 13.4. The summed E-state index contributed by atoms with van der Waals surface area (Å²) in [6.45, 7) is 1.95. The molecule has 0 atom stereocenters. The Morgan fingerprint density at radius 2 is 1.65 bits per heavy atom. The summed E-state index contributed by atoms with van der Waals surface area (Å²) in [5.41, 5.74) is 3.95.